The molecule has 45 heavy (non-hydrogen) atoms. The first kappa shape index (κ1) is 39.0. The molecule has 0 spiro atoms. The number of carbonyl (C=O) groups is 1. The van der Waals surface area contributed by atoms with Gasteiger partial charge in [-0.15, -0.1) is 40.5 Å². The topological polar surface area (TPSA) is 63.1 Å². The van der Waals surface area contributed by atoms with E-state index in [4.69, 9.17) is 4.98 Å². The third-order valence-electron chi connectivity index (χ3n) is 8.86. The van der Waals surface area contributed by atoms with Crippen LogP contribution in [0.5, 0.6) is 0 Å². The van der Waals surface area contributed by atoms with E-state index in [-0.39, 0.29) is 43.5 Å². The second-order valence-electron chi connectivity index (χ2n) is 13.5. The quantitative estimate of drug-likeness (QED) is 0.0749. The van der Waals surface area contributed by atoms with Crippen LogP contribution in [0.25, 0.3) is 32.2 Å². The van der Waals surface area contributed by atoms with Gasteiger partial charge in [-0.2, -0.15) is 0 Å². The Kier molecular flexibility index (Phi) is 14.4. The summed E-state index contributed by atoms with van der Waals surface area (Å²) in [6, 6.07) is 10.6. The van der Waals surface area contributed by atoms with E-state index in [0.717, 1.165) is 42.5 Å². The second-order valence-corrected chi connectivity index (χ2v) is 19.9. The van der Waals surface area contributed by atoms with Gasteiger partial charge in [0.25, 0.3) is 0 Å². The van der Waals surface area contributed by atoms with E-state index in [1.165, 1.54) is 48.3 Å². The zero-order valence-electron chi connectivity index (χ0n) is 29.4. The number of aromatic nitrogens is 2. The Labute approximate surface area is 290 Å². The molecule has 0 aliphatic heterocycles. The molecule has 0 aliphatic rings. The maximum Gasteiger partial charge on any atom is 0.162 e. The number of hydrogen-bond donors (Lipinski definition) is 1. The molecular weight excluding hydrogens is 769 g/mol. The monoisotopic (exact) mass is 822 g/mol. The number of ketones is 1. The fourth-order valence-corrected chi connectivity index (χ4v) is 9.68. The molecule has 0 atom stereocenters. The summed E-state index contributed by atoms with van der Waals surface area (Å²) in [6.45, 7) is 26.4. The van der Waals surface area contributed by atoms with Crippen molar-refractivity contribution in [1.29, 1.82) is 0 Å². The molecule has 0 saturated heterocycles. The normalized spacial score (nSPS) is 12.2. The van der Waals surface area contributed by atoms with Crippen molar-refractivity contribution in [1.82, 2.24) is 9.97 Å². The molecule has 0 bridgehead atoms. The number of carbonyl (C=O) groups excluding carboxylic acids is 1. The molecule has 2 heterocycles. The van der Waals surface area contributed by atoms with Crippen LogP contribution in [0.4, 0.5) is 0 Å². The van der Waals surface area contributed by atoms with Crippen LogP contribution < -0.4 is 4.50 Å². The maximum absolute atomic E-state index is 11.7. The first-order chi connectivity index (χ1) is 20.7. The van der Waals surface area contributed by atoms with Crippen LogP contribution in [0, 0.1) is 38.7 Å². The average Bonchev–Trinajstić information content (AvgIpc) is 3.32. The van der Waals surface area contributed by atoms with E-state index in [2.05, 4.69) is 83.5 Å². The molecule has 1 N–H and O–H groups in total. The van der Waals surface area contributed by atoms with Gasteiger partial charge in [0.05, 0.1) is 19.3 Å². The van der Waals surface area contributed by atoms with E-state index >= 15 is 0 Å². The van der Waals surface area contributed by atoms with Crippen molar-refractivity contribution in [2.45, 2.75) is 114 Å². The second kappa shape index (κ2) is 16.6. The summed E-state index contributed by atoms with van der Waals surface area (Å²) in [6.07, 6.45) is 6.63. The average molecular weight is 822 g/mol. The summed E-state index contributed by atoms with van der Waals surface area (Å²) in [5, 5.41) is 12.2. The van der Waals surface area contributed by atoms with Crippen LogP contribution in [0.1, 0.15) is 95.4 Å². The van der Waals surface area contributed by atoms with Gasteiger partial charge in [0.2, 0.25) is 0 Å². The van der Waals surface area contributed by atoms with E-state index < -0.39 is 8.07 Å². The molecule has 0 fully saturated rings. The minimum absolute atomic E-state index is 0. The van der Waals surface area contributed by atoms with Crippen LogP contribution in [-0.4, -0.2) is 28.9 Å². The number of thiophene rings is 1. The Bertz CT molecular complexity index is 1640. The number of rotatable bonds is 10. The van der Waals surface area contributed by atoms with Gasteiger partial charge in [0, 0.05) is 48.4 Å². The summed E-state index contributed by atoms with van der Waals surface area (Å²) >= 11 is 1.89. The van der Waals surface area contributed by atoms with Gasteiger partial charge in [-0.3, -0.25) is 9.78 Å². The molecule has 4 nitrogen and oxygen atoms in total. The molecule has 2 aromatic carbocycles. The number of allylic oxidation sites excluding steroid dienone is 2. The van der Waals surface area contributed by atoms with Gasteiger partial charge in [-0.25, -0.2) is 4.98 Å². The molecular formula is C38H53IrN2O2SSi-. The van der Waals surface area contributed by atoms with Crippen molar-refractivity contribution in [3.63, 3.8) is 0 Å². The van der Waals surface area contributed by atoms with Crippen LogP contribution in [0.3, 0.4) is 0 Å². The van der Waals surface area contributed by atoms with E-state index in [1.807, 2.05) is 39.0 Å². The zero-order chi connectivity index (χ0) is 32.9. The van der Waals surface area contributed by atoms with Crippen LogP contribution in [0.2, 0.25) is 19.6 Å². The Balaban J connectivity index is 0.000000378. The van der Waals surface area contributed by atoms with Gasteiger partial charge in [-0.1, -0.05) is 89.3 Å². The first-order valence-electron chi connectivity index (χ1n) is 16.3. The molecule has 4 aromatic rings. The summed E-state index contributed by atoms with van der Waals surface area (Å²) in [7, 11) is -1.43. The molecule has 4 rings (SSSR count). The number of fused-ring (bicyclic) bond motifs is 2. The van der Waals surface area contributed by atoms with Crippen molar-refractivity contribution in [2.24, 2.45) is 11.8 Å². The van der Waals surface area contributed by atoms with Crippen molar-refractivity contribution in [3.05, 3.63) is 64.7 Å². The number of benzene rings is 2. The van der Waals surface area contributed by atoms with Crippen LogP contribution in [-0.2, 0) is 24.9 Å². The Morgan fingerprint density at radius 1 is 0.933 bits per heavy atom. The van der Waals surface area contributed by atoms with Gasteiger partial charge in [0.1, 0.15) is 6.33 Å². The van der Waals surface area contributed by atoms with Crippen molar-refractivity contribution in [2.75, 3.05) is 0 Å². The summed E-state index contributed by atoms with van der Waals surface area (Å²) in [4.78, 5) is 21.1. The minimum Gasteiger partial charge on any atom is -0.512 e. The fourth-order valence-electron chi connectivity index (χ4n) is 5.89. The zero-order valence-corrected chi connectivity index (χ0v) is 33.7. The Morgan fingerprint density at radius 3 is 2.04 bits per heavy atom. The van der Waals surface area contributed by atoms with E-state index in [9.17, 15) is 9.90 Å². The van der Waals surface area contributed by atoms with E-state index in [1.54, 1.807) is 6.33 Å². The SMILES string of the molecule is CCC(CC)C(=O)/C=C(\O)C(CC)CC.Cc1cc2[c-]c(-c3ncnc4c(C)c([Si](C)(C)C)sc34)cc(C(C)C)c2cc1C.[Ir]. The van der Waals surface area contributed by atoms with Crippen molar-refractivity contribution >= 4 is 50.7 Å². The first-order valence-corrected chi connectivity index (χ1v) is 20.7. The van der Waals surface area contributed by atoms with Crippen LogP contribution >= 0.6 is 11.3 Å². The molecule has 0 unspecified atom stereocenters. The molecule has 7 heteroatoms. The van der Waals surface area contributed by atoms with Gasteiger partial charge < -0.3 is 5.11 Å². The molecule has 247 valence electrons. The number of nitrogens with zero attached hydrogens (tertiary/aromatic N) is 2. The molecule has 0 aliphatic carbocycles. The Hall–Kier alpha value is -2.18. The van der Waals surface area contributed by atoms with Gasteiger partial charge >= 0.3 is 0 Å². The fraction of sp³-hybridized carbons (Fsp3) is 0.500. The third kappa shape index (κ3) is 9.00. The van der Waals surface area contributed by atoms with Crippen molar-refractivity contribution < 1.29 is 30.0 Å². The summed E-state index contributed by atoms with van der Waals surface area (Å²) < 4.78 is 2.72. The predicted octanol–water partition coefficient (Wildman–Crippen LogP) is 10.8. The van der Waals surface area contributed by atoms with Gasteiger partial charge in [-0.05, 0) is 62.4 Å². The number of aliphatic hydroxyl groups is 1. The molecule has 0 saturated carbocycles. The van der Waals surface area contributed by atoms with Crippen LogP contribution in [0.15, 0.2) is 36.4 Å². The van der Waals surface area contributed by atoms with Crippen molar-refractivity contribution in [3.8, 4) is 11.3 Å². The largest absolute Gasteiger partial charge is 0.512 e. The summed E-state index contributed by atoms with van der Waals surface area (Å²) in [5.74, 6) is 0.985. The number of aliphatic hydroxyl groups excluding tert-OH is 1. The Morgan fingerprint density at radius 2 is 1.51 bits per heavy atom. The maximum atomic E-state index is 11.7. The third-order valence-corrected chi connectivity index (χ3v) is 13.8. The van der Waals surface area contributed by atoms with Gasteiger partial charge in [0.15, 0.2) is 5.78 Å². The number of aryl methyl sites for hydroxylation is 3. The summed E-state index contributed by atoms with van der Waals surface area (Å²) in [5.41, 5.74) is 8.55. The predicted molar refractivity (Wildman–Crippen MR) is 194 cm³/mol. The molecule has 0 amide bonds. The minimum atomic E-state index is -1.43. The smallest absolute Gasteiger partial charge is 0.162 e. The van der Waals surface area contributed by atoms with E-state index in [0.29, 0.717) is 5.92 Å². The molecule has 2 aromatic heterocycles. The number of hydrogen-bond acceptors (Lipinski definition) is 5. The molecule has 1 radical (unpaired) electrons. The standard InChI is InChI=1S/C25H29N2SSi.C13H24O2.Ir/c1-14(2)20-12-19(11-18-9-15(3)16(4)10-21(18)20)23-24-22(26-13-27-23)17(5)25(28-24)29(6,7)8;1-5-10(6-2)12(14)9-13(15)11(7-3)8-4;/h9-10,12-14H,1-8H3;9-11,14H,5-8H2,1-4H3;/q-1;;/b;12-9-;.